The minimum absolute atomic E-state index is 0.0352. The quantitative estimate of drug-likeness (QED) is 0.640. The molecule has 0 aromatic rings. The van der Waals surface area contributed by atoms with Crippen molar-refractivity contribution in [3.8, 4) is 0 Å². The lowest BCUT2D eigenvalue weighted by Crippen LogP contribution is -2.33. The SMILES string of the molecule is CNC(=O)CCNC(=O)CC1CCCC(N)C1. The van der Waals surface area contributed by atoms with Gasteiger partial charge in [0, 0.05) is 32.5 Å². The zero-order chi connectivity index (χ0) is 12.7. The highest BCUT2D eigenvalue weighted by Crippen LogP contribution is 2.25. The van der Waals surface area contributed by atoms with E-state index in [2.05, 4.69) is 10.6 Å². The molecule has 1 rings (SSSR count). The highest BCUT2D eigenvalue weighted by atomic mass is 16.2. The largest absolute Gasteiger partial charge is 0.359 e. The molecular weight excluding hydrogens is 218 g/mol. The molecule has 0 radical (unpaired) electrons. The van der Waals surface area contributed by atoms with Gasteiger partial charge in [0.05, 0.1) is 0 Å². The lowest BCUT2D eigenvalue weighted by Gasteiger charge is -2.25. The van der Waals surface area contributed by atoms with Crippen molar-refractivity contribution in [2.75, 3.05) is 13.6 Å². The van der Waals surface area contributed by atoms with Gasteiger partial charge in [0.2, 0.25) is 11.8 Å². The van der Waals surface area contributed by atoms with Crippen LogP contribution in [-0.4, -0.2) is 31.4 Å². The number of rotatable bonds is 5. The topological polar surface area (TPSA) is 84.2 Å². The van der Waals surface area contributed by atoms with Crippen molar-refractivity contribution in [1.82, 2.24) is 10.6 Å². The van der Waals surface area contributed by atoms with E-state index in [-0.39, 0.29) is 17.9 Å². The van der Waals surface area contributed by atoms with Crippen LogP contribution in [0, 0.1) is 5.92 Å². The maximum atomic E-state index is 11.6. The van der Waals surface area contributed by atoms with E-state index in [1.165, 1.54) is 0 Å². The molecule has 0 spiro atoms. The van der Waals surface area contributed by atoms with Crippen LogP contribution in [0.25, 0.3) is 0 Å². The lowest BCUT2D eigenvalue weighted by molar-refractivity contribution is -0.122. The summed E-state index contributed by atoms with van der Waals surface area (Å²) in [6, 6.07) is 0.257. The van der Waals surface area contributed by atoms with Crippen LogP contribution in [0.4, 0.5) is 0 Å². The van der Waals surface area contributed by atoms with Crippen LogP contribution < -0.4 is 16.4 Å². The van der Waals surface area contributed by atoms with Crippen molar-refractivity contribution < 1.29 is 9.59 Å². The molecule has 1 aliphatic carbocycles. The Morgan fingerprint density at radius 1 is 1.29 bits per heavy atom. The third kappa shape index (κ3) is 5.68. The summed E-state index contributed by atoms with van der Waals surface area (Å²) >= 11 is 0. The van der Waals surface area contributed by atoms with E-state index in [1.54, 1.807) is 7.05 Å². The van der Waals surface area contributed by atoms with E-state index in [9.17, 15) is 9.59 Å². The number of hydrogen-bond donors (Lipinski definition) is 3. The van der Waals surface area contributed by atoms with Crippen molar-refractivity contribution >= 4 is 11.8 Å². The predicted molar refractivity (Wildman–Crippen MR) is 66.2 cm³/mol. The first kappa shape index (κ1) is 14.0. The van der Waals surface area contributed by atoms with Crippen molar-refractivity contribution in [3.63, 3.8) is 0 Å². The molecule has 0 aromatic heterocycles. The summed E-state index contributed by atoms with van der Waals surface area (Å²) in [7, 11) is 1.59. The predicted octanol–water partition coefficient (Wildman–Crippen LogP) is 0.146. The van der Waals surface area contributed by atoms with E-state index < -0.39 is 0 Å². The van der Waals surface area contributed by atoms with Crippen LogP contribution in [0.1, 0.15) is 38.5 Å². The second kappa shape index (κ2) is 7.27. The Bertz CT molecular complexity index is 268. The van der Waals surface area contributed by atoms with Crippen molar-refractivity contribution in [3.05, 3.63) is 0 Å². The summed E-state index contributed by atoms with van der Waals surface area (Å²) in [6.45, 7) is 0.414. The summed E-state index contributed by atoms with van der Waals surface area (Å²) in [5.41, 5.74) is 5.87. The van der Waals surface area contributed by atoms with Gasteiger partial charge < -0.3 is 16.4 Å². The van der Waals surface area contributed by atoms with Crippen LogP contribution in [-0.2, 0) is 9.59 Å². The molecule has 2 unspecified atom stereocenters. The van der Waals surface area contributed by atoms with E-state index in [4.69, 9.17) is 5.73 Å². The molecule has 2 atom stereocenters. The van der Waals surface area contributed by atoms with Crippen molar-refractivity contribution in [2.24, 2.45) is 11.7 Å². The van der Waals surface area contributed by atoms with Crippen LogP contribution in [0.15, 0.2) is 0 Å². The fraction of sp³-hybridized carbons (Fsp3) is 0.833. The van der Waals surface area contributed by atoms with E-state index in [0.717, 1.165) is 25.7 Å². The minimum Gasteiger partial charge on any atom is -0.359 e. The third-order valence-electron chi connectivity index (χ3n) is 3.25. The molecule has 0 saturated heterocycles. The summed E-state index contributed by atoms with van der Waals surface area (Å²) < 4.78 is 0. The van der Waals surface area contributed by atoms with Gasteiger partial charge in [-0.25, -0.2) is 0 Å². The second-order valence-electron chi connectivity index (χ2n) is 4.77. The molecule has 0 heterocycles. The molecule has 5 nitrogen and oxygen atoms in total. The van der Waals surface area contributed by atoms with E-state index in [0.29, 0.717) is 25.3 Å². The van der Waals surface area contributed by atoms with Crippen LogP contribution >= 0.6 is 0 Å². The summed E-state index contributed by atoms with van der Waals surface area (Å²) in [5.74, 6) is 0.400. The lowest BCUT2D eigenvalue weighted by atomic mass is 9.84. The van der Waals surface area contributed by atoms with Gasteiger partial charge in [0.1, 0.15) is 0 Å². The zero-order valence-corrected chi connectivity index (χ0v) is 10.5. The highest BCUT2D eigenvalue weighted by molar-refractivity contribution is 5.78. The first-order valence-corrected chi connectivity index (χ1v) is 6.34. The highest BCUT2D eigenvalue weighted by Gasteiger charge is 2.21. The number of carbonyl (C=O) groups is 2. The molecule has 5 heteroatoms. The zero-order valence-electron chi connectivity index (χ0n) is 10.5. The molecule has 17 heavy (non-hydrogen) atoms. The molecule has 4 N–H and O–H groups in total. The maximum Gasteiger partial charge on any atom is 0.221 e. The molecule has 0 aliphatic heterocycles. The first-order valence-electron chi connectivity index (χ1n) is 6.34. The molecule has 0 aromatic carbocycles. The summed E-state index contributed by atoms with van der Waals surface area (Å²) in [6.07, 6.45) is 5.12. The van der Waals surface area contributed by atoms with Gasteiger partial charge in [-0.15, -0.1) is 0 Å². The summed E-state index contributed by atoms with van der Waals surface area (Å²) in [4.78, 5) is 22.6. The normalized spacial score (nSPS) is 24.1. The number of carbonyl (C=O) groups excluding carboxylic acids is 2. The van der Waals surface area contributed by atoms with Crippen molar-refractivity contribution in [2.45, 2.75) is 44.6 Å². The molecule has 2 amide bonds. The Morgan fingerprint density at radius 3 is 2.71 bits per heavy atom. The van der Waals surface area contributed by atoms with Gasteiger partial charge in [-0.05, 0) is 25.2 Å². The fourth-order valence-electron chi connectivity index (χ4n) is 2.29. The van der Waals surface area contributed by atoms with Crippen LogP contribution in [0.3, 0.4) is 0 Å². The van der Waals surface area contributed by atoms with Crippen LogP contribution in [0.2, 0.25) is 0 Å². The number of nitrogens with two attached hydrogens (primary N) is 1. The average Bonchev–Trinajstić information content (AvgIpc) is 2.28. The molecule has 1 saturated carbocycles. The Labute approximate surface area is 103 Å². The van der Waals surface area contributed by atoms with Gasteiger partial charge in [-0.1, -0.05) is 6.42 Å². The standard InChI is InChI=1S/C12H23N3O2/c1-14-11(16)5-6-15-12(17)8-9-3-2-4-10(13)7-9/h9-10H,2-8,13H2,1H3,(H,14,16)(H,15,17). The molecule has 1 aliphatic rings. The molecular formula is C12H23N3O2. The average molecular weight is 241 g/mol. The van der Waals surface area contributed by atoms with Gasteiger partial charge >= 0.3 is 0 Å². The van der Waals surface area contributed by atoms with Gasteiger partial charge in [-0.2, -0.15) is 0 Å². The van der Waals surface area contributed by atoms with E-state index in [1.807, 2.05) is 0 Å². The Hall–Kier alpha value is -1.10. The Balaban J connectivity index is 2.14. The molecule has 0 bridgehead atoms. The smallest absolute Gasteiger partial charge is 0.221 e. The minimum atomic E-state index is -0.0509. The van der Waals surface area contributed by atoms with Crippen molar-refractivity contribution in [1.29, 1.82) is 0 Å². The number of nitrogens with one attached hydrogen (secondary N) is 2. The molecule has 1 fully saturated rings. The summed E-state index contributed by atoms with van der Waals surface area (Å²) in [5, 5.41) is 5.29. The fourth-order valence-corrected chi connectivity index (χ4v) is 2.29. The van der Waals surface area contributed by atoms with Crippen LogP contribution in [0.5, 0.6) is 0 Å². The maximum absolute atomic E-state index is 11.6. The van der Waals surface area contributed by atoms with E-state index >= 15 is 0 Å². The number of amides is 2. The first-order chi connectivity index (χ1) is 8.11. The van der Waals surface area contributed by atoms with Gasteiger partial charge in [0.15, 0.2) is 0 Å². The number of hydrogen-bond acceptors (Lipinski definition) is 3. The Kier molecular flexibility index (Phi) is 5.97. The van der Waals surface area contributed by atoms with Gasteiger partial charge in [-0.3, -0.25) is 9.59 Å². The third-order valence-corrected chi connectivity index (χ3v) is 3.25. The Morgan fingerprint density at radius 2 is 2.06 bits per heavy atom. The van der Waals surface area contributed by atoms with Gasteiger partial charge in [0.25, 0.3) is 0 Å². The second-order valence-corrected chi connectivity index (χ2v) is 4.77. The molecule has 98 valence electrons. The monoisotopic (exact) mass is 241 g/mol.